The number of aryl methyl sites for hydroxylation is 1. The second kappa shape index (κ2) is 9.44. The Hall–Kier alpha value is -3.04. The first-order valence-electron chi connectivity index (χ1n) is 10.0. The van der Waals surface area contributed by atoms with E-state index in [0.29, 0.717) is 5.69 Å². The van der Waals surface area contributed by atoms with E-state index in [1.54, 1.807) is 7.05 Å². The molecule has 6 nitrogen and oxygen atoms in total. The van der Waals surface area contributed by atoms with E-state index in [4.69, 9.17) is 16.3 Å². The van der Waals surface area contributed by atoms with Crippen molar-refractivity contribution in [2.75, 3.05) is 11.9 Å². The molecule has 0 saturated heterocycles. The Kier molecular flexibility index (Phi) is 7.04. The zero-order valence-electron chi connectivity index (χ0n) is 18.4. The monoisotopic (exact) mass is 481 g/mol. The number of hydrogen-bond donors (Lipinski definition) is 2. The lowest BCUT2D eigenvalue weighted by Gasteiger charge is -2.18. The maximum atomic E-state index is 15.1. The van der Waals surface area contributed by atoms with Crippen molar-refractivity contribution in [3.63, 3.8) is 0 Å². The van der Waals surface area contributed by atoms with Crippen LogP contribution in [0.1, 0.15) is 42.9 Å². The molecule has 0 radical (unpaired) electrons. The highest BCUT2D eigenvalue weighted by molar-refractivity contribution is 6.34. The lowest BCUT2D eigenvalue weighted by atomic mass is 10.0. The van der Waals surface area contributed by atoms with Gasteiger partial charge in [0.25, 0.3) is 5.91 Å². The number of anilines is 1. The minimum Gasteiger partial charge on any atom is -0.489 e. The molecule has 0 spiro atoms. The van der Waals surface area contributed by atoms with Crippen molar-refractivity contribution in [3.05, 3.63) is 64.3 Å². The van der Waals surface area contributed by atoms with Gasteiger partial charge in [-0.15, -0.1) is 0 Å². The summed E-state index contributed by atoms with van der Waals surface area (Å²) in [6, 6.07) is 7.46. The fraction of sp³-hybridized carbons (Fsp3) is 0.304. The highest BCUT2D eigenvalue weighted by Crippen LogP contribution is 2.33. The predicted molar refractivity (Wildman–Crippen MR) is 119 cm³/mol. The normalized spacial score (nSPS) is 12.5. The molecule has 1 atom stereocenters. The molecule has 1 heterocycles. The Morgan fingerprint density at radius 2 is 1.97 bits per heavy atom. The number of amides is 1. The average Bonchev–Trinajstić information content (AvgIpc) is 3.10. The van der Waals surface area contributed by atoms with Gasteiger partial charge in [0.05, 0.1) is 33.8 Å². The summed E-state index contributed by atoms with van der Waals surface area (Å²) in [7, 11) is 1.59. The molecule has 0 saturated carbocycles. The molecule has 1 amide bonds. The van der Waals surface area contributed by atoms with Crippen molar-refractivity contribution in [3.8, 4) is 17.0 Å². The van der Waals surface area contributed by atoms with Gasteiger partial charge < -0.3 is 15.2 Å². The largest absolute Gasteiger partial charge is 0.489 e. The van der Waals surface area contributed by atoms with Gasteiger partial charge in [-0.1, -0.05) is 17.7 Å². The van der Waals surface area contributed by atoms with Crippen LogP contribution in [-0.2, 0) is 7.05 Å². The molecule has 0 bridgehead atoms. The smallest absolute Gasteiger partial charge is 0.259 e. The minimum atomic E-state index is -1.75. The fourth-order valence-corrected chi connectivity index (χ4v) is 3.31. The van der Waals surface area contributed by atoms with Crippen LogP contribution >= 0.6 is 11.6 Å². The summed E-state index contributed by atoms with van der Waals surface area (Å²) in [6.07, 6.45) is -0.849. The van der Waals surface area contributed by atoms with E-state index in [0.717, 1.165) is 12.1 Å². The van der Waals surface area contributed by atoms with Crippen molar-refractivity contribution in [1.82, 2.24) is 9.78 Å². The SMILES string of the molecule is CC(O)c1cc(-c2cc(OCC(C)(C)F)c(C(=O)Nc3c(F)cccc3Cl)cc2F)nn1C. The lowest BCUT2D eigenvalue weighted by Crippen LogP contribution is -2.24. The second-order valence-electron chi connectivity index (χ2n) is 8.14. The quantitative estimate of drug-likeness (QED) is 0.470. The molecule has 2 aromatic carbocycles. The number of para-hydroxylation sites is 1. The number of carbonyl (C=O) groups excluding carboxylic acids is 1. The number of aliphatic hydroxyl groups is 1. The third-order valence-electron chi connectivity index (χ3n) is 4.71. The standard InChI is InChI=1S/C23H23ClF3N3O3/c1-12(31)19-10-18(29-30(19)4)13-9-20(33-11-23(2,3)27)14(8-17(13)26)22(32)28-21-15(24)6-5-7-16(21)25/h5-10,12,31H,11H2,1-4H3,(H,28,32). The van der Waals surface area contributed by atoms with Gasteiger partial charge in [-0.2, -0.15) is 5.10 Å². The van der Waals surface area contributed by atoms with Crippen LogP contribution in [0.4, 0.5) is 18.9 Å². The van der Waals surface area contributed by atoms with Gasteiger partial charge >= 0.3 is 0 Å². The molecule has 2 N–H and O–H groups in total. The maximum absolute atomic E-state index is 15.1. The van der Waals surface area contributed by atoms with Crippen LogP contribution in [0.2, 0.25) is 5.02 Å². The first-order chi connectivity index (χ1) is 15.4. The number of nitrogens with zero attached hydrogens (tertiary/aromatic N) is 2. The first kappa shape index (κ1) is 24.6. The molecule has 176 valence electrons. The third kappa shape index (κ3) is 5.66. The van der Waals surface area contributed by atoms with Crippen LogP contribution in [0.3, 0.4) is 0 Å². The molecule has 1 unspecified atom stereocenters. The van der Waals surface area contributed by atoms with E-state index in [-0.39, 0.29) is 33.3 Å². The molecule has 3 rings (SSSR count). The van der Waals surface area contributed by atoms with Gasteiger partial charge in [0.2, 0.25) is 0 Å². The summed E-state index contributed by atoms with van der Waals surface area (Å²) in [5, 5.41) is 16.3. The molecule has 3 aromatic rings. The third-order valence-corrected chi connectivity index (χ3v) is 5.02. The number of halogens is 4. The Labute approximate surface area is 193 Å². The molecular formula is C23H23ClF3N3O3. The summed E-state index contributed by atoms with van der Waals surface area (Å²) in [6.45, 7) is 3.67. The van der Waals surface area contributed by atoms with E-state index in [1.807, 2.05) is 0 Å². The van der Waals surface area contributed by atoms with Gasteiger partial charge in [-0.3, -0.25) is 9.48 Å². The number of aromatic nitrogens is 2. The first-order valence-corrected chi connectivity index (χ1v) is 10.4. The zero-order chi connectivity index (χ0) is 24.5. The lowest BCUT2D eigenvalue weighted by molar-refractivity contribution is 0.0998. The molecular weight excluding hydrogens is 459 g/mol. The van der Waals surface area contributed by atoms with Crippen LogP contribution < -0.4 is 10.1 Å². The zero-order valence-corrected chi connectivity index (χ0v) is 19.2. The second-order valence-corrected chi connectivity index (χ2v) is 8.55. The number of rotatable bonds is 7. The van der Waals surface area contributed by atoms with E-state index in [1.165, 1.54) is 49.7 Å². The van der Waals surface area contributed by atoms with Gasteiger partial charge in [0.1, 0.15) is 29.7 Å². The topological polar surface area (TPSA) is 76.4 Å². The van der Waals surface area contributed by atoms with E-state index in [2.05, 4.69) is 10.4 Å². The summed E-state index contributed by atoms with van der Waals surface area (Å²) in [5.41, 5.74) is -1.72. The van der Waals surface area contributed by atoms with Crippen molar-refractivity contribution in [2.24, 2.45) is 7.05 Å². The number of aliphatic hydroxyl groups excluding tert-OH is 1. The van der Waals surface area contributed by atoms with E-state index in [9.17, 15) is 18.7 Å². The molecule has 10 heteroatoms. The van der Waals surface area contributed by atoms with Crippen molar-refractivity contribution < 1.29 is 27.8 Å². The molecule has 0 fully saturated rings. The summed E-state index contributed by atoms with van der Waals surface area (Å²) >= 11 is 5.96. The number of hydrogen-bond acceptors (Lipinski definition) is 4. The van der Waals surface area contributed by atoms with Crippen LogP contribution in [0.15, 0.2) is 36.4 Å². The Bertz CT molecular complexity index is 1170. The van der Waals surface area contributed by atoms with E-state index >= 15 is 4.39 Å². The highest BCUT2D eigenvalue weighted by Gasteiger charge is 2.24. The highest BCUT2D eigenvalue weighted by atomic mass is 35.5. The van der Waals surface area contributed by atoms with Crippen LogP contribution in [0.25, 0.3) is 11.3 Å². The number of benzene rings is 2. The number of alkyl halides is 1. The van der Waals surface area contributed by atoms with Crippen LogP contribution in [0.5, 0.6) is 5.75 Å². The van der Waals surface area contributed by atoms with Gasteiger partial charge in [-0.05, 0) is 51.1 Å². The van der Waals surface area contributed by atoms with Crippen molar-refractivity contribution in [1.29, 1.82) is 0 Å². The molecule has 1 aromatic heterocycles. The Morgan fingerprint density at radius 3 is 2.55 bits per heavy atom. The molecule has 33 heavy (non-hydrogen) atoms. The van der Waals surface area contributed by atoms with Gasteiger partial charge in [-0.25, -0.2) is 13.2 Å². The average molecular weight is 482 g/mol. The number of ether oxygens (including phenoxy) is 1. The summed E-state index contributed by atoms with van der Waals surface area (Å²) < 4.78 is 50.2. The predicted octanol–water partition coefficient (Wildman–Crippen LogP) is 5.45. The fourth-order valence-electron chi connectivity index (χ4n) is 3.10. The Morgan fingerprint density at radius 1 is 1.27 bits per heavy atom. The van der Waals surface area contributed by atoms with Crippen LogP contribution in [-0.4, -0.2) is 33.1 Å². The molecule has 0 aliphatic heterocycles. The summed E-state index contributed by atoms with van der Waals surface area (Å²) in [4.78, 5) is 12.9. The van der Waals surface area contributed by atoms with Gasteiger partial charge in [0, 0.05) is 12.6 Å². The van der Waals surface area contributed by atoms with E-state index < -0.39 is 35.9 Å². The molecule has 0 aliphatic rings. The number of nitrogens with one attached hydrogen (secondary N) is 1. The van der Waals surface area contributed by atoms with Crippen molar-refractivity contribution in [2.45, 2.75) is 32.5 Å². The Balaban J connectivity index is 2.06. The molecule has 0 aliphatic carbocycles. The van der Waals surface area contributed by atoms with Crippen molar-refractivity contribution >= 4 is 23.2 Å². The summed E-state index contributed by atoms with van der Waals surface area (Å²) in [5.74, 6) is -2.63. The minimum absolute atomic E-state index is 0.0235. The van der Waals surface area contributed by atoms with Gasteiger partial charge in [0.15, 0.2) is 0 Å². The maximum Gasteiger partial charge on any atom is 0.259 e. The van der Waals surface area contributed by atoms with Crippen LogP contribution in [0, 0.1) is 11.6 Å². The number of carbonyl (C=O) groups is 1.